The maximum Gasteiger partial charge on any atom is 0.325 e. The summed E-state index contributed by atoms with van der Waals surface area (Å²) in [5, 5.41) is 12.5. The van der Waals surface area contributed by atoms with E-state index in [1.807, 2.05) is 45.9 Å². The van der Waals surface area contributed by atoms with E-state index >= 15 is 0 Å². The molecule has 0 saturated carbocycles. The molecule has 1 aromatic carbocycles. The van der Waals surface area contributed by atoms with Crippen LogP contribution in [0.3, 0.4) is 0 Å². The smallest absolute Gasteiger partial charge is 0.325 e. The Morgan fingerprint density at radius 2 is 2.11 bits per heavy atom. The molecule has 1 unspecified atom stereocenters. The zero-order valence-corrected chi connectivity index (χ0v) is 11.9. The third-order valence-corrected chi connectivity index (χ3v) is 3.18. The van der Waals surface area contributed by atoms with Crippen molar-refractivity contribution in [3.63, 3.8) is 0 Å². The highest BCUT2D eigenvalue weighted by molar-refractivity contribution is 5.77. The average molecular weight is 263 g/mol. The molecule has 2 rings (SSSR count). The van der Waals surface area contributed by atoms with Crippen LogP contribution in [0.25, 0.3) is 0 Å². The number of carboxylic acid groups (broad SMARTS) is 1. The minimum atomic E-state index is -0.879. The van der Waals surface area contributed by atoms with Crippen molar-refractivity contribution in [2.24, 2.45) is 0 Å². The number of rotatable bonds is 4. The SMILES string of the molecule is CC(C)NC(C(=O)O)c1cccc2c1OC(C)(C)C2. The van der Waals surface area contributed by atoms with E-state index in [1.54, 1.807) is 0 Å². The van der Waals surface area contributed by atoms with Crippen LogP contribution < -0.4 is 10.1 Å². The Morgan fingerprint density at radius 3 is 2.68 bits per heavy atom. The number of aliphatic carboxylic acids is 1. The summed E-state index contributed by atoms with van der Waals surface area (Å²) >= 11 is 0. The lowest BCUT2D eigenvalue weighted by atomic mass is 9.98. The van der Waals surface area contributed by atoms with E-state index in [1.165, 1.54) is 0 Å². The summed E-state index contributed by atoms with van der Waals surface area (Å²) in [6, 6.07) is 5.09. The van der Waals surface area contributed by atoms with Crippen molar-refractivity contribution in [1.29, 1.82) is 0 Å². The molecule has 1 heterocycles. The van der Waals surface area contributed by atoms with Gasteiger partial charge in [0, 0.05) is 18.0 Å². The van der Waals surface area contributed by atoms with Crippen LogP contribution in [0, 0.1) is 0 Å². The normalized spacial score (nSPS) is 17.9. The topological polar surface area (TPSA) is 58.6 Å². The molecular formula is C15H21NO3. The zero-order chi connectivity index (χ0) is 14.2. The molecule has 0 spiro atoms. The van der Waals surface area contributed by atoms with Crippen molar-refractivity contribution in [2.75, 3.05) is 0 Å². The highest BCUT2D eigenvalue weighted by atomic mass is 16.5. The lowest BCUT2D eigenvalue weighted by Crippen LogP contribution is -2.34. The number of benzene rings is 1. The Hall–Kier alpha value is -1.55. The van der Waals surface area contributed by atoms with Gasteiger partial charge in [-0.1, -0.05) is 18.2 Å². The molecule has 0 aliphatic carbocycles. The van der Waals surface area contributed by atoms with Crippen LogP contribution >= 0.6 is 0 Å². The molecule has 4 nitrogen and oxygen atoms in total. The van der Waals surface area contributed by atoms with Gasteiger partial charge in [-0.3, -0.25) is 10.1 Å². The Labute approximate surface area is 113 Å². The third-order valence-electron chi connectivity index (χ3n) is 3.18. The minimum Gasteiger partial charge on any atom is -0.487 e. The summed E-state index contributed by atoms with van der Waals surface area (Å²) in [4.78, 5) is 11.5. The van der Waals surface area contributed by atoms with Crippen molar-refractivity contribution in [3.8, 4) is 5.75 Å². The molecule has 1 aliphatic heterocycles. The third kappa shape index (κ3) is 2.89. The molecule has 0 fully saturated rings. The van der Waals surface area contributed by atoms with Crippen LogP contribution in [0.4, 0.5) is 0 Å². The maximum absolute atomic E-state index is 11.5. The Kier molecular flexibility index (Phi) is 3.54. The molecule has 1 aliphatic rings. The van der Waals surface area contributed by atoms with Crippen LogP contribution in [0.2, 0.25) is 0 Å². The van der Waals surface area contributed by atoms with Crippen LogP contribution in [0.15, 0.2) is 18.2 Å². The summed E-state index contributed by atoms with van der Waals surface area (Å²) in [6.07, 6.45) is 0.810. The van der Waals surface area contributed by atoms with E-state index in [0.29, 0.717) is 5.56 Å². The molecule has 1 atom stereocenters. The van der Waals surface area contributed by atoms with Gasteiger partial charge in [-0.15, -0.1) is 0 Å². The number of para-hydroxylation sites is 1. The summed E-state index contributed by atoms with van der Waals surface area (Å²) < 4.78 is 5.93. The summed E-state index contributed by atoms with van der Waals surface area (Å²) in [7, 11) is 0. The fraction of sp³-hybridized carbons (Fsp3) is 0.533. The van der Waals surface area contributed by atoms with E-state index in [4.69, 9.17) is 4.74 Å². The summed E-state index contributed by atoms with van der Waals surface area (Å²) in [5.74, 6) is -0.150. The number of carbonyl (C=O) groups is 1. The quantitative estimate of drug-likeness (QED) is 0.876. The maximum atomic E-state index is 11.5. The first kappa shape index (κ1) is 13.9. The average Bonchev–Trinajstić information content (AvgIpc) is 2.59. The molecule has 0 saturated heterocycles. The van der Waals surface area contributed by atoms with Crippen molar-refractivity contribution in [2.45, 2.75) is 51.8 Å². The molecular weight excluding hydrogens is 242 g/mol. The van der Waals surface area contributed by atoms with E-state index in [-0.39, 0.29) is 11.6 Å². The molecule has 0 aromatic heterocycles. The van der Waals surface area contributed by atoms with Crippen LogP contribution in [0.5, 0.6) is 5.75 Å². The highest BCUT2D eigenvalue weighted by Gasteiger charge is 2.35. The van der Waals surface area contributed by atoms with E-state index in [0.717, 1.165) is 17.7 Å². The molecule has 2 N–H and O–H groups in total. The Bertz CT molecular complexity index is 494. The molecule has 0 bridgehead atoms. The van der Waals surface area contributed by atoms with Gasteiger partial charge in [0.25, 0.3) is 0 Å². The van der Waals surface area contributed by atoms with Gasteiger partial charge in [0.15, 0.2) is 0 Å². The first-order valence-corrected chi connectivity index (χ1v) is 6.60. The largest absolute Gasteiger partial charge is 0.487 e. The predicted molar refractivity (Wildman–Crippen MR) is 73.5 cm³/mol. The van der Waals surface area contributed by atoms with Gasteiger partial charge in [0.2, 0.25) is 0 Å². The monoisotopic (exact) mass is 263 g/mol. The zero-order valence-electron chi connectivity index (χ0n) is 11.9. The second-order valence-electron chi connectivity index (χ2n) is 5.97. The van der Waals surface area contributed by atoms with Gasteiger partial charge in [-0.25, -0.2) is 0 Å². The van der Waals surface area contributed by atoms with E-state index in [9.17, 15) is 9.90 Å². The number of hydrogen-bond acceptors (Lipinski definition) is 3. The van der Waals surface area contributed by atoms with Crippen LogP contribution in [-0.2, 0) is 11.2 Å². The van der Waals surface area contributed by atoms with Crippen LogP contribution in [-0.4, -0.2) is 22.7 Å². The Balaban J connectivity index is 2.41. The lowest BCUT2D eigenvalue weighted by molar-refractivity contribution is -0.139. The predicted octanol–water partition coefficient (Wildman–Crippen LogP) is 2.52. The van der Waals surface area contributed by atoms with Gasteiger partial charge in [0.1, 0.15) is 17.4 Å². The van der Waals surface area contributed by atoms with Crippen molar-refractivity contribution < 1.29 is 14.6 Å². The molecule has 104 valence electrons. The molecule has 0 radical (unpaired) electrons. The van der Waals surface area contributed by atoms with Gasteiger partial charge in [-0.05, 0) is 33.3 Å². The fourth-order valence-corrected chi connectivity index (χ4v) is 2.49. The van der Waals surface area contributed by atoms with Gasteiger partial charge < -0.3 is 9.84 Å². The van der Waals surface area contributed by atoms with Gasteiger partial charge >= 0.3 is 5.97 Å². The first-order chi connectivity index (χ1) is 8.80. The number of ether oxygens (including phenoxy) is 1. The fourth-order valence-electron chi connectivity index (χ4n) is 2.49. The number of hydrogen-bond donors (Lipinski definition) is 2. The van der Waals surface area contributed by atoms with Crippen molar-refractivity contribution in [1.82, 2.24) is 5.32 Å². The van der Waals surface area contributed by atoms with Gasteiger partial charge in [0.05, 0.1) is 0 Å². The lowest BCUT2D eigenvalue weighted by Gasteiger charge is -2.22. The number of nitrogens with one attached hydrogen (secondary N) is 1. The summed E-state index contributed by atoms with van der Waals surface area (Å²) in [6.45, 7) is 7.90. The van der Waals surface area contributed by atoms with Crippen LogP contribution in [0.1, 0.15) is 44.9 Å². The highest BCUT2D eigenvalue weighted by Crippen LogP contribution is 2.40. The van der Waals surface area contributed by atoms with Crippen molar-refractivity contribution >= 4 is 5.97 Å². The first-order valence-electron chi connectivity index (χ1n) is 6.60. The molecule has 19 heavy (non-hydrogen) atoms. The molecule has 4 heteroatoms. The molecule has 1 aromatic rings. The minimum absolute atomic E-state index is 0.0892. The van der Waals surface area contributed by atoms with E-state index in [2.05, 4.69) is 5.32 Å². The van der Waals surface area contributed by atoms with E-state index < -0.39 is 12.0 Å². The number of carboxylic acids is 1. The molecule has 0 amide bonds. The summed E-state index contributed by atoms with van der Waals surface area (Å²) in [5.41, 5.74) is 1.53. The van der Waals surface area contributed by atoms with Crippen molar-refractivity contribution in [3.05, 3.63) is 29.3 Å². The second-order valence-corrected chi connectivity index (χ2v) is 5.97. The second kappa shape index (κ2) is 4.85. The number of fused-ring (bicyclic) bond motifs is 1. The standard InChI is InChI=1S/C15H21NO3/c1-9(2)16-12(14(17)18)11-7-5-6-10-8-15(3,4)19-13(10)11/h5-7,9,12,16H,8H2,1-4H3,(H,17,18). The van der Waals surface area contributed by atoms with Gasteiger partial charge in [-0.2, -0.15) is 0 Å². The Morgan fingerprint density at radius 1 is 1.42 bits per heavy atom.